The van der Waals surface area contributed by atoms with E-state index >= 15 is 0 Å². The summed E-state index contributed by atoms with van der Waals surface area (Å²) < 4.78 is 2.34. The summed E-state index contributed by atoms with van der Waals surface area (Å²) >= 11 is 0. The number of rotatable bonds is 4. The molecule has 6 aromatic rings. The monoisotopic (exact) mass is 410 g/mol. The molecule has 2 nitrogen and oxygen atoms in total. The van der Waals surface area contributed by atoms with Gasteiger partial charge in [-0.25, -0.2) is 0 Å². The van der Waals surface area contributed by atoms with Gasteiger partial charge in [0.05, 0.1) is 11.0 Å². The molecule has 0 spiro atoms. The molecule has 0 saturated carbocycles. The van der Waals surface area contributed by atoms with Gasteiger partial charge in [-0.05, 0) is 48.0 Å². The molecule has 2 heteroatoms. The van der Waals surface area contributed by atoms with E-state index in [9.17, 15) is 0 Å². The molecule has 0 aliphatic carbocycles. The zero-order valence-corrected chi connectivity index (χ0v) is 17.6. The van der Waals surface area contributed by atoms with E-state index in [1.165, 1.54) is 32.9 Å². The normalized spacial score (nSPS) is 11.1. The SMILES string of the molecule is c1ccc(-c2ccccc2Nc2ccc(-n3c4ccccc4c4ccccc43)cc2)cc1. The van der Waals surface area contributed by atoms with E-state index in [0.29, 0.717) is 0 Å². The van der Waals surface area contributed by atoms with E-state index in [1.807, 2.05) is 6.07 Å². The third-order valence-corrected chi connectivity index (χ3v) is 6.00. The molecule has 0 bridgehead atoms. The Morgan fingerprint density at radius 3 is 1.72 bits per heavy atom. The summed E-state index contributed by atoms with van der Waals surface area (Å²) in [6.45, 7) is 0. The van der Waals surface area contributed by atoms with Crippen LogP contribution in [0.4, 0.5) is 11.4 Å². The average molecular weight is 411 g/mol. The Morgan fingerprint density at radius 2 is 1.03 bits per heavy atom. The van der Waals surface area contributed by atoms with Crippen LogP contribution in [-0.4, -0.2) is 4.57 Å². The minimum absolute atomic E-state index is 1.07. The summed E-state index contributed by atoms with van der Waals surface area (Å²) in [6.07, 6.45) is 0. The summed E-state index contributed by atoms with van der Waals surface area (Å²) in [6, 6.07) is 44.8. The molecule has 0 radical (unpaired) electrons. The van der Waals surface area contributed by atoms with Gasteiger partial charge in [0.15, 0.2) is 0 Å². The quantitative estimate of drug-likeness (QED) is 0.310. The first-order valence-electron chi connectivity index (χ1n) is 10.9. The van der Waals surface area contributed by atoms with Crippen molar-refractivity contribution in [2.75, 3.05) is 5.32 Å². The fraction of sp³-hybridized carbons (Fsp3) is 0. The van der Waals surface area contributed by atoms with E-state index in [-0.39, 0.29) is 0 Å². The first-order valence-corrected chi connectivity index (χ1v) is 10.9. The molecule has 1 heterocycles. The predicted octanol–water partition coefficient (Wildman–Crippen LogP) is 8.19. The maximum atomic E-state index is 3.61. The molecule has 0 aliphatic rings. The highest BCUT2D eigenvalue weighted by Gasteiger charge is 2.11. The number of hydrogen-bond donors (Lipinski definition) is 1. The van der Waals surface area contributed by atoms with Crippen molar-refractivity contribution in [2.24, 2.45) is 0 Å². The van der Waals surface area contributed by atoms with E-state index < -0.39 is 0 Å². The van der Waals surface area contributed by atoms with E-state index in [2.05, 4.69) is 131 Å². The van der Waals surface area contributed by atoms with Gasteiger partial charge >= 0.3 is 0 Å². The standard InChI is InChI=1S/C30H22N2/c1-2-10-22(11-3-1)25-12-4-7-15-28(25)31-23-18-20-24(21-19-23)32-29-16-8-5-13-26(29)27-14-6-9-17-30(27)32/h1-21,31H. The van der Waals surface area contributed by atoms with Crippen LogP contribution in [-0.2, 0) is 0 Å². The lowest BCUT2D eigenvalue weighted by molar-refractivity contribution is 1.18. The van der Waals surface area contributed by atoms with Gasteiger partial charge in [0.2, 0.25) is 0 Å². The Hall–Kier alpha value is -4.30. The Morgan fingerprint density at radius 1 is 0.469 bits per heavy atom. The van der Waals surface area contributed by atoms with Crippen LogP contribution >= 0.6 is 0 Å². The predicted molar refractivity (Wildman–Crippen MR) is 136 cm³/mol. The van der Waals surface area contributed by atoms with E-state index in [4.69, 9.17) is 0 Å². The van der Waals surface area contributed by atoms with Crippen LogP contribution in [0.5, 0.6) is 0 Å². The van der Waals surface area contributed by atoms with Crippen LogP contribution < -0.4 is 5.32 Å². The Labute approximate surface area is 187 Å². The Balaban J connectivity index is 1.39. The zero-order chi connectivity index (χ0) is 21.3. The fourth-order valence-corrected chi connectivity index (χ4v) is 4.51. The third kappa shape index (κ3) is 3.14. The van der Waals surface area contributed by atoms with Gasteiger partial charge in [0.1, 0.15) is 0 Å². The smallest absolute Gasteiger partial charge is 0.0541 e. The van der Waals surface area contributed by atoms with Crippen LogP contribution in [0.3, 0.4) is 0 Å². The average Bonchev–Trinajstić information content (AvgIpc) is 3.20. The van der Waals surface area contributed by atoms with Crippen molar-refractivity contribution in [1.82, 2.24) is 4.57 Å². The van der Waals surface area contributed by atoms with Crippen molar-refractivity contribution in [3.63, 3.8) is 0 Å². The van der Waals surface area contributed by atoms with Crippen molar-refractivity contribution < 1.29 is 0 Å². The highest BCUT2D eigenvalue weighted by atomic mass is 15.0. The fourth-order valence-electron chi connectivity index (χ4n) is 4.51. The molecule has 0 unspecified atom stereocenters. The maximum absolute atomic E-state index is 3.61. The second-order valence-electron chi connectivity index (χ2n) is 7.95. The molecule has 6 rings (SSSR count). The molecule has 0 aliphatic heterocycles. The van der Waals surface area contributed by atoms with Gasteiger partial charge in [-0.3, -0.25) is 0 Å². The highest BCUT2D eigenvalue weighted by molar-refractivity contribution is 6.09. The molecule has 5 aromatic carbocycles. The first kappa shape index (κ1) is 18.5. The largest absolute Gasteiger partial charge is 0.355 e. The zero-order valence-electron chi connectivity index (χ0n) is 17.6. The summed E-state index contributed by atoms with van der Waals surface area (Å²) in [5.74, 6) is 0. The second-order valence-corrected chi connectivity index (χ2v) is 7.95. The molecule has 32 heavy (non-hydrogen) atoms. The number of nitrogens with zero attached hydrogens (tertiary/aromatic N) is 1. The number of aromatic nitrogens is 1. The lowest BCUT2D eigenvalue weighted by atomic mass is 10.0. The van der Waals surface area contributed by atoms with E-state index in [0.717, 1.165) is 17.1 Å². The number of hydrogen-bond acceptors (Lipinski definition) is 1. The molecule has 152 valence electrons. The molecule has 1 aromatic heterocycles. The van der Waals surface area contributed by atoms with Crippen molar-refractivity contribution >= 4 is 33.2 Å². The van der Waals surface area contributed by atoms with Crippen LogP contribution in [0, 0.1) is 0 Å². The summed E-state index contributed by atoms with van der Waals surface area (Å²) in [5.41, 5.74) is 8.18. The minimum Gasteiger partial charge on any atom is -0.355 e. The number of para-hydroxylation sites is 3. The van der Waals surface area contributed by atoms with Gasteiger partial charge in [-0.15, -0.1) is 0 Å². The lowest BCUT2D eigenvalue weighted by Gasteiger charge is -2.14. The highest BCUT2D eigenvalue weighted by Crippen LogP contribution is 2.33. The van der Waals surface area contributed by atoms with Gasteiger partial charge < -0.3 is 9.88 Å². The van der Waals surface area contributed by atoms with Crippen molar-refractivity contribution in [3.8, 4) is 16.8 Å². The Bertz CT molecular complexity index is 1470. The number of benzene rings is 5. The van der Waals surface area contributed by atoms with Gasteiger partial charge in [-0.2, -0.15) is 0 Å². The Kier molecular flexibility index (Phi) is 4.47. The lowest BCUT2D eigenvalue weighted by Crippen LogP contribution is -1.96. The molecule has 0 amide bonds. The van der Waals surface area contributed by atoms with Gasteiger partial charge in [0, 0.05) is 33.4 Å². The molecule has 0 fully saturated rings. The van der Waals surface area contributed by atoms with Gasteiger partial charge in [-0.1, -0.05) is 84.9 Å². The molecular weight excluding hydrogens is 388 g/mol. The third-order valence-electron chi connectivity index (χ3n) is 6.00. The van der Waals surface area contributed by atoms with Gasteiger partial charge in [0.25, 0.3) is 0 Å². The topological polar surface area (TPSA) is 17.0 Å². The first-order chi connectivity index (χ1) is 15.9. The summed E-state index contributed by atoms with van der Waals surface area (Å²) in [7, 11) is 0. The maximum Gasteiger partial charge on any atom is 0.0541 e. The number of fused-ring (bicyclic) bond motifs is 3. The number of nitrogens with one attached hydrogen (secondary N) is 1. The minimum atomic E-state index is 1.07. The van der Waals surface area contributed by atoms with Crippen LogP contribution in [0.2, 0.25) is 0 Å². The van der Waals surface area contributed by atoms with E-state index in [1.54, 1.807) is 0 Å². The van der Waals surface area contributed by atoms with Crippen LogP contribution in [0.15, 0.2) is 127 Å². The van der Waals surface area contributed by atoms with Crippen molar-refractivity contribution in [1.29, 1.82) is 0 Å². The van der Waals surface area contributed by atoms with Crippen LogP contribution in [0.25, 0.3) is 38.6 Å². The molecule has 0 saturated heterocycles. The van der Waals surface area contributed by atoms with Crippen LogP contribution in [0.1, 0.15) is 0 Å². The molecule has 1 N–H and O–H groups in total. The molecule has 0 atom stereocenters. The molecular formula is C30H22N2. The van der Waals surface area contributed by atoms with Crippen molar-refractivity contribution in [2.45, 2.75) is 0 Å². The summed E-state index contributed by atoms with van der Waals surface area (Å²) in [5, 5.41) is 6.17. The summed E-state index contributed by atoms with van der Waals surface area (Å²) in [4.78, 5) is 0. The van der Waals surface area contributed by atoms with Crippen molar-refractivity contribution in [3.05, 3.63) is 127 Å². The number of anilines is 2. The second kappa shape index (κ2) is 7.75.